The van der Waals surface area contributed by atoms with Gasteiger partial charge in [-0.1, -0.05) is 24.3 Å². The maximum atomic E-state index is 11.4. The zero-order valence-corrected chi connectivity index (χ0v) is 28.4. The number of carboxylic acids is 1. The third-order valence-electron chi connectivity index (χ3n) is 6.60. The second-order valence-corrected chi connectivity index (χ2v) is 11.4. The number of esters is 1. The predicted octanol–water partition coefficient (Wildman–Crippen LogP) is 6.84. The molecule has 49 heavy (non-hydrogen) atoms. The smallest absolute Gasteiger partial charge is 0.489 e. The molecule has 0 radical (unpaired) electrons. The molecule has 0 spiro atoms. The Labute approximate surface area is 296 Å². The second-order valence-electron chi connectivity index (χ2n) is 10.1. The molecule has 4 aromatic carbocycles. The van der Waals surface area contributed by atoms with Crippen molar-refractivity contribution in [3.05, 3.63) is 160 Å². The Balaban J connectivity index is 0.000000182. The number of rotatable bonds is 10. The van der Waals surface area contributed by atoms with Crippen LogP contribution in [0.5, 0.6) is 11.5 Å². The lowest BCUT2D eigenvalue weighted by Gasteiger charge is -2.07. The van der Waals surface area contributed by atoms with Crippen LogP contribution in [0.25, 0.3) is 11.3 Å². The molecular formula is C37H32BIO10. The molecule has 0 saturated heterocycles. The molecule has 0 aliphatic heterocycles. The third kappa shape index (κ3) is 12.0. The molecule has 0 amide bonds. The zero-order valence-electron chi connectivity index (χ0n) is 26.3. The fourth-order valence-corrected chi connectivity index (χ4v) is 4.52. The molecule has 12 heteroatoms. The van der Waals surface area contributed by atoms with E-state index in [2.05, 4.69) is 31.7 Å². The summed E-state index contributed by atoms with van der Waals surface area (Å²) in [6.45, 7) is 0.743. The number of hydrogen-bond donors (Lipinski definition) is 3. The van der Waals surface area contributed by atoms with Crippen molar-refractivity contribution >= 4 is 47.3 Å². The summed E-state index contributed by atoms with van der Waals surface area (Å²) in [7, 11) is -0.109. The first kappa shape index (κ1) is 36.5. The Morgan fingerprint density at radius 3 is 1.73 bits per heavy atom. The number of furan rings is 2. The van der Waals surface area contributed by atoms with Crippen molar-refractivity contribution in [3.63, 3.8) is 0 Å². The van der Waals surface area contributed by atoms with E-state index in [0.29, 0.717) is 18.8 Å². The molecule has 0 unspecified atom stereocenters. The first-order valence-electron chi connectivity index (χ1n) is 14.8. The fourth-order valence-electron chi connectivity index (χ4n) is 4.16. The average Bonchev–Trinajstić information content (AvgIpc) is 3.88. The van der Waals surface area contributed by atoms with Crippen LogP contribution < -0.4 is 15.1 Å². The minimum absolute atomic E-state index is 0.171. The number of benzene rings is 4. The van der Waals surface area contributed by atoms with Crippen LogP contribution in [0, 0.1) is 3.57 Å². The van der Waals surface area contributed by atoms with E-state index >= 15 is 0 Å². The van der Waals surface area contributed by atoms with Crippen molar-refractivity contribution in [2.24, 2.45) is 0 Å². The molecule has 2 heterocycles. The summed E-state index contributed by atoms with van der Waals surface area (Å²) < 4.78 is 27.1. The highest BCUT2D eigenvalue weighted by Gasteiger charge is 2.12. The van der Waals surface area contributed by atoms with Crippen molar-refractivity contribution in [1.29, 1.82) is 0 Å². The number of hydrogen-bond acceptors (Lipinski definition) is 9. The third-order valence-corrected chi connectivity index (χ3v) is 7.32. The van der Waals surface area contributed by atoms with Crippen molar-refractivity contribution in [2.75, 3.05) is 7.11 Å². The van der Waals surface area contributed by atoms with E-state index in [1.165, 1.54) is 19.4 Å². The van der Waals surface area contributed by atoms with Gasteiger partial charge in [0.2, 0.25) is 0 Å². The summed E-state index contributed by atoms with van der Waals surface area (Å²) in [4.78, 5) is 22.3. The first-order chi connectivity index (χ1) is 23.7. The van der Waals surface area contributed by atoms with Gasteiger partial charge in [0, 0.05) is 9.13 Å². The van der Waals surface area contributed by atoms with Gasteiger partial charge in [-0.15, -0.1) is 0 Å². The van der Waals surface area contributed by atoms with Crippen molar-refractivity contribution in [2.45, 2.75) is 13.2 Å². The van der Waals surface area contributed by atoms with Gasteiger partial charge in [0.1, 0.15) is 36.1 Å². The number of halogens is 1. The average molecular weight is 774 g/mol. The van der Waals surface area contributed by atoms with E-state index in [-0.39, 0.29) is 17.2 Å². The van der Waals surface area contributed by atoms with Crippen LogP contribution in [0.3, 0.4) is 0 Å². The quantitative estimate of drug-likeness (QED) is 0.0768. The lowest BCUT2D eigenvalue weighted by atomic mass is 9.88. The number of carbonyl (C=O) groups excluding carboxylic acids is 1. The van der Waals surface area contributed by atoms with Gasteiger partial charge >= 0.3 is 19.1 Å². The van der Waals surface area contributed by atoms with E-state index in [1.54, 1.807) is 42.7 Å². The molecular weight excluding hydrogens is 742 g/mol. The van der Waals surface area contributed by atoms with Gasteiger partial charge in [-0.25, -0.2) is 9.59 Å². The molecule has 0 bridgehead atoms. The highest BCUT2D eigenvalue weighted by Crippen LogP contribution is 2.23. The molecule has 0 fully saturated rings. The SMILES string of the molecule is COC(=O)c1cccc(COc2ccc(I)cc2)c1.O=C(O)c1cccc(COc2ccc(-c3ccco3)cc2)c1.OB(O)c1ccco1. The molecule has 2 aromatic heterocycles. The standard InChI is InChI=1S/C18H14O4.C15H13IO3.C4H5BO3/c19-18(20)15-4-1-3-13(11-15)12-22-16-8-6-14(7-9-16)17-5-2-10-21-17;1-18-15(17)12-4-2-3-11(9-12)10-19-14-7-5-13(16)6-8-14;6-5(7)4-2-1-3-8-4/h1-11H,12H2,(H,19,20);2-9H,10H2,1H3;1-3,6-7H. The van der Waals surface area contributed by atoms with E-state index in [4.69, 9.17) is 29.0 Å². The fraction of sp³-hybridized carbons (Fsp3) is 0.0811. The number of ether oxygens (including phenoxy) is 3. The topological polar surface area (TPSA) is 149 Å². The lowest BCUT2D eigenvalue weighted by molar-refractivity contribution is 0.0599. The Kier molecular flexibility index (Phi) is 14.1. The number of carboxylic acid groups (broad SMARTS) is 1. The van der Waals surface area contributed by atoms with Gasteiger partial charge in [0.25, 0.3) is 0 Å². The molecule has 0 aliphatic rings. The first-order valence-corrected chi connectivity index (χ1v) is 15.8. The number of methoxy groups -OCH3 is 1. The maximum absolute atomic E-state index is 11.4. The molecule has 6 rings (SSSR count). The van der Waals surface area contributed by atoms with Crippen LogP contribution in [-0.2, 0) is 18.0 Å². The highest BCUT2D eigenvalue weighted by atomic mass is 127. The summed E-state index contributed by atoms with van der Waals surface area (Å²) in [5.74, 6) is 1.06. The highest BCUT2D eigenvalue weighted by molar-refractivity contribution is 14.1. The van der Waals surface area contributed by atoms with Gasteiger partial charge in [-0.3, -0.25) is 0 Å². The van der Waals surface area contributed by atoms with Crippen LogP contribution in [-0.4, -0.2) is 41.3 Å². The van der Waals surface area contributed by atoms with Crippen LogP contribution >= 0.6 is 22.6 Å². The number of aromatic carboxylic acids is 1. The Bertz CT molecular complexity index is 1870. The molecule has 10 nitrogen and oxygen atoms in total. The summed E-state index contributed by atoms with van der Waals surface area (Å²) >= 11 is 2.25. The van der Waals surface area contributed by atoms with Crippen molar-refractivity contribution < 1.29 is 47.8 Å². The normalized spacial score (nSPS) is 10.0. The van der Waals surface area contributed by atoms with Gasteiger partial charge in [-0.2, -0.15) is 0 Å². The van der Waals surface area contributed by atoms with Gasteiger partial charge in [-0.05, 0) is 131 Å². The number of carbonyl (C=O) groups is 2. The summed E-state index contributed by atoms with van der Waals surface area (Å²) in [5, 5.41) is 25.7. The minimum atomic E-state index is -1.48. The van der Waals surface area contributed by atoms with Crippen molar-refractivity contribution in [3.8, 4) is 22.8 Å². The second kappa shape index (κ2) is 18.9. The molecule has 0 saturated carbocycles. The minimum Gasteiger partial charge on any atom is -0.489 e. The molecule has 250 valence electrons. The van der Waals surface area contributed by atoms with Crippen LogP contribution in [0.15, 0.2) is 143 Å². The molecule has 3 N–H and O–H groups in total. The predicted molar refractivity (Wildman–Crippen MR) is 192 cm³/mol. The van der Waals surface area contributed by atoms with Crippen molar-refractivity contribution in [1.82, 2.24) is 0 Å². The maximum Gasteiger partial charge on any atom is 0.526 e. The molecule has 6 aromatic rings. The Hall–Kier alpha value is -5.31. The summed E-state index contributed by atoms with van der Waals surface area (Å²) in [5.41, 5.74) is 3.69. The van der Waals surface area contributed by atoms with E-state index < -0.39 is 13.1 Å². The van der Waals surface area contributed by atoms with Crippen LogP contribution in [0.4, 0.5) is 0 Å². The Morgan fingerprint density at radius 1 is 0.694 bits per heavy atom. The van der Waals surface area contributed by atoms with Crippen LogP contribution in [0.1, 0.15) is 31.8 Å². The monoisotopic (exact) mass is 774 g/mol. The van der Waals surface area contributed by atoms with E-state index in [1.807, 2.05) is 78.9 Å². The van der Waals surface area contributed by atoms with E-state index in [0.717, 1.165) is 37.5 Å². The van der Waals surface area contributed by atoms with Gasteiger partial charge < -0.3 is 38.2 Å². The summed E-state index contributed by atoms with van der Waals surface area (Å²) in [6.07, 6.45) is 3.02. The van der Waals surface area contributed by atoms with Crippen LogP contribution in [0.2, 0.25) is 0 Å². The Morgan fingerprint density at radius 2 is 1.24 bits per heavy atom. The van der Waals surface area contributed by atoms with Gasteiger partial charge in [0.05, 0.1) is 30.8 Å². The zero-order chi connectivity index (χ0) is 35.0. The molecule has 0 atom stereocenters. The largest absolute Gasteiger partial charge is 0.526 e. The van der Waals surface area contributed by atoms with E-state index in [9.17, 15) is 9.59 Å². The summed E-state index contributed by atoms with van der Waals surface area (Å²) in [6, 6.07) is 36.1. The lowest BCUT2D eigenvalue weighted by Crippen LogP contribution is -2.27. The van der Waals surface area contributed by atoms with Gasteiger partial charge in [0.15, 0.2) is 0 Å². The molecule has 0 aliphatic carbocycles.